The summed E-state index contributed by atoms with van der Waals surface area (Å²) < 4.78 is 0. The minimum absolute atomic E-state index is 0.225. The highest BCUT2D eigenvalue weighted by Crippen LogP contribution is 2.23. The van der Waals surface area contributed by atoms with E-state index in [2.05, 4.69) is 20.6 Å². The zero-order valence-electron chi connectivity index (χ0n) is 16.9. The van der Waals surface area contributed by atoms with Gasteiger partial charge in [0.15, 0.2) is 0 Å². The lowest BCUT2D eigenvalue weighted by Gasteiger charge is -2.13. The molecule has 0 radical (unpaired) electrons. The van der Waals surface area contributed by atoms with Gasteiger partial charge < -0.3 is 15.5 Å². The van der Waals surface area contributed by atoms with Gasteiger partial charge in [0, 0.05) is 43.6 Å². The van der Waals surface area contributed by atoms with Gasteiger partial charge in [-0.1, -0.05) is 17.7 Å². The van der Waals surface area contributed by atoms with E-state index in [0.717, 1.165) is 28.2 Å². The molecule has 1 aromatic heterocycles. The molecule has 28 heavy (non-hydrogen) atoms. The Hall–Kier alpha value is -3.41. The fourth-order valence-corrected chi connectivity index (χ4v) is 3.04. The molecule has 3 aromatic rings. The summed E-state index contributed by atoms with van der Waals surface area (Å²) >= 11 is 0. The van der Waals surface area contributed by atoms with Gasteiger partial charge >= 0.3 is 0 Å². The topological polar surface area (TPSA) is 70.2 Å². The lowest BCUT2D eigenvalue weighted by Crippen LogP contribution is -2.15. The van der Waals surface area contributed by atoms with Crippen molar-refractivity contribution in [3.63, 3.8) is 0 Å². The first kappa shape index (κ1) is 19.4. The van der Waals surface area contributed by atoms with Gasteiger partial charge in [-0.2, -0.15) is 0 Å². The highest BCUT2D eigenvalue weighted by molar-refractivity contribution is 6.04. The van der Waals surface area contributed by atoms with Crippen LogP contribution in [0.1, 0.15) is 27.0 Å². The molecule has 0 aliphatic heterocycles. The lowest BCUT2D eigenvalue weighted by molar-refractivity contribution is 0.102. The number of hydrogen-bond donors (Lipinski definition) is 2. The number of rotatable bonds is 5. The summed E-state index contributed by atoms with van der Waals surface area (Å²) in [5.41, 5.74) is 6.48. The van der Waals surface area contributed by atoms with Gasteiger partial charge in [-0.05, 0) is 56.2 Å². The number of anilines is 4. The Labute approximate surface area is 165 Å². The van der Waals surface area contributed by atoms with E-state index in [1.165, 1.54) is 18.0 Å². The van der Waals surface area contributed by atoms with Crippen LogP contribution >= 0.6 is 0 Å². The predicted octanol–water partition coefficient (Wildman–Crippen LogP) is 4.46. The second-order valence-electron chi connectivity index (χ2n) is 7.09. The number of benzene rings is 2. The van der Waals surface area contributed by atoms with Crippen LogP contribution in [0.5, 0.6) is 0 Å². The van der Waals surface area contributed by atoms with Crippen LogP contribution in [0, 0.1) is 20.8 Å². The van der Waals surface area contributed by atoms with Gasteiger partial charge in [0.2, 0.25) is 5.95 Å². The van der Waals surface area contributed by atoms with Crippen LogP contribution in [0.15, 0.2) is 48.8 Å². The number of aryl methyl sites for hydroxylation is 3. The van der Waals surface area contributed by atoms with Crippen molar-refractivity contribution in [3.8, 4) is 0 Å². The number of amides is 1. The van der Waals surface area contributed by atoms with Crippen molar-refractivity contribution < 1.29 is 4.79 Å². The number of nitrogens with one attached hydrogen (secondary N) is 2. The number of carbonyl (C=O) groups is 1. The van der Waals surface area contributed by atoms with Gasteiger partial charge in [0.1, 0.15) is 0 Å². The number of hydrogen-bond acceptors (Lipinski definition) is 5. The average molecular weight is 375 g/mol. The van der Waals surface area contributed by atoms with Crippen molar-refractivity contribution in [1.82, 2.24) is 9.97 Å². The summed E-state index contributed by atoms with van der Waals surface area (Å²) in [6.07, 6.45) is 3.05. The third-order valence-corrected chi connectivity index (χ3v) is 4.47. The number of carbonyl (C=O) groups excluding carboxylic acids is 1. The summed E-state index contributed by atoms with van der Waals surface area (Å²) in [5, 5.41) is 6.10. The zero-order valence-corrected chi connectivity index (χ0v) is 16.9. The van der Waals surface area contributed by atoms with E-state index in [1.54, 1.807) is 0 Å². The summed E-state index contributed by atoms with van der Waals surface area (Å²) in [6, 6.07) is 12.0. The molecule has 0 unspecified atom stereocenters. The molecule has 6 nitrogen and oxygen atoms in total. The second kappa shape index (κ2) is 8.08. The molecule has 1 amide bonds. The van der Waals surface area contributed by atoms with E-state index in [9.17, 15) is 4.79 Å². The SMILES string of the molecule is Cc1cc(C)c(NC(=O)c2cnc(Nc3ccc(N(C)C)cc3)nc2)c(C)c1. The Morgan fingerprint density at radius 2 is 1.50 bits per heavy atom. The maximum absolute atomic E-state index is 12.6. The molecule has 144 valence electrons. The maximum atomic E-state index is 12.6. The normalized spacial score (nSPS) is 10.5. The molecule has 0 fully saturated rings. The minimum Gasteiger partial charge on any atom is -0.378 e. The van der Waals surface area contributed by atoms with E-state index in [-0.39, 0.29) is 5.91 Å². The molecule has 0 saturated heterocycles. The van der Waals surface area contributed by atoms with Gasteiger partial charge in [-0.25, -0.2) is 9.97 Å². The van der Waals surface area contributed by atoms with Gasteiger partial charge in [-0.15, -0.1) is 0 Å². The lowest BCUT2D eigenvalue weighted by atomic mass is 10.0. The van der Waals surface area contributed by atoms with E-state index in [4.69, 9.17) is 0 Å². The van der Waals surface area contributed by atoms with Gasteiger partial charge in [0.25, 0.3) is 5.91 Å². The molecule has 0 saturated carbocycles. The highest BCUT2D eigenvalue weighted by Gasteiger charge is 2.11. The molecular formula is C22H25N5O. The van der Waals surface area contributed by atoms with Crippen molar-refractivity contribution >= 4 is 28.9 Å². The Morgan fingerprint density at radius 1 is 0.929 bits per heavy atom. The molecule has 0 aliphatic rings. The summed E-state index contributed by atoms with van der Waals surface area (Å²) in [4.78, 5) is 23.1. The monoisotopic (exact) mass is 375 g/mol. The van der Waals surface area contributed by atoms with Crippen LogP contribution in [0.3, 0.4) is 0 Å². The van der Waals surface area contributed by atoms with Crippen LogP contribution in [0.25, 0.3) is 0 Å². The first-order chi connectivity index (χ1) is 13.3. The fraction of sp³-hybridized carbons (Fsp3) is 0.227. The minimum atomic E-state index is -0.225. The third-order valence-electron chi connectivity index (χ3n) is 4.47. The van der Waals surface area contributed by atoms with Crippen LogP contribution in [-0.2, 0) is 0 Å². The number of aromatic nitrogens is 2. The predicted molar refractivity (Wildman–Crippen MR) is 115 cm³/mol. The van der Waals surface area contributed by atoms with Gasteiger partial charge in [0.05, 0.1) is 5.56 Å². The van der Waals surface area contributed by atoms with Crippen LogP contribution in [0.4, 0.5) is 23.0 Å². The Balaban J connectivity index is 1.69. The quantitative estimate of drug-likeness (QED) is 0.689. The maximum Gasteiger partial charge on any atom is 0.258 e. The first-order valence-corrected chi connectivity index (χ1v) is 9.09. The largest absolute Gasteiger partial charge is 0.378 e. The fourth-order valence-electron chi connectivity index (χ4n) is 3.04. The molecule has 0 atom stereocenters. The Bertz CT molecular complexity index is 956. The standard InChI is InChI=1S/C22H25N5O/c1-14-10-15(2)20(16(3)11-14)26-21(28)17-12-23-22(24-13-17)25-18-6-8-19(9-7-18)27(4)5/h6-13H,1-5H3,(H,26,28)(H,23,24,25). The van der Waals surface area contributed by atoms with Crippen molar-refractivity contribution in [2.75, 3.05) is 29.6 Å². The van der Waals surface area contributed by atoms with E-state index < -0.39 is 0 Å². The van der Waals surface area contributed by atoms with Gasteiger partial charge in [-0.3, -0.25) is 4.79 Å². The van der Waals surface area contributed by atoms with E-state index in [0.29, 0.717) is 11.5 Å². The molecular weight excluding hydrogens is 350 g/mol. The summed E-state index contributed by atoms with van der Waals surface area (Å²) in [7, 11) is 3.99. The highest BCUT2D eigenvalue weighted by atomic mass is 16.1. The molecule has 2 aromatic carbocycles. The van der Waals surface area contributed by atoms with E-state index >= 15 is 0 Å². The zero-order chi connectivity index (χ0) is 20.3. The van der Waals surface area contributed by atoms with Crippen LogP contribution in [-0.4, -0.2) is 30.0 Å². The smallest absolute Gasteiger partial charge is 0.258 e. The number of nitrogens with zero attached hydrogens (tertiary/aromatic N) is 3. The van der Waals surface area contributed by atoms with E-state index in [1.807, 2.05) is 76.2 Å². The van der Waals surface area contributed by atoms with Crippen molar-refractivity contribution in [2.24, 2.45) is 0 Å². The second-order valence-corrected chi connectivity index (χ2v) is 7.09. The van der Waals surface area contributed by atoms with Crippen molar-refractivity contribution in [3.05, 3.63) is 71.0 Å². The molecule has 3 rings (SSSR count). The van der Waals surface area contributed by atoms with Crippen LogP contribution < -0.4 is 15.5 Å². The molecule has 6 heteroatoms. The van der Waals surface area contributed by atoms with Crippen molar-refractivity contribution in [1.29, 1.82) is 0 Å². The molecule has 1 heterocycles. The van der Waals surface area contributed by atoms with Crippen molar-refractivity contribution in [2.45, 2.75) is 20.8 Å². The molecule has 0 aliphatic carbocycles. The summed E-state index contributed by atoms with van der Waals surface area (Å²) in [5.74, 6) is 0.216. The molecule has 2 N–H and O–H groups in total. The first-order valence-electron chi connectivity index (χ1n) is 9.09. The summed E-state index contributed by atoms with van der Waals surface area (Å²) in [6.45, 7) is 6.01. The Morgan fingerprint density at radius 3 is 2.04 bits per heavy atom. The molecule has 0 bridgehead atoms. The average Bonchev–Trinajstić information content (AvgIpc) is 2.65. The Kier molecular flexibility index (Phi) is 5.59. The van der Waals surface area contributed by atoms with Crippen LogP contribution in [0.2, 0.25) is 0 Å². The third kappa shape index (κ3) is 4.46. The molecule has 0 spiro atoms.